The van der Waals surface area contributed by atoms with Crippen molar-refractivity contribution in [2.24, 2.45) is 0 Å². The van der Waals surface area contributed by atoms with Crippen LogP contribution in [0.2, 0.25) is 0 Å². The third-order valence-corrected chi connectivity index (χ3v) is 6.03. The minimum Gasteiger partial charge on any atom is -0.317 e. The molecular weight excluding hydrogens is 354 g/mol. The van der Waals surface area contributed by atoms with Gasteiger partial charge in [-0.15, -0.1) is 0 Å². The number of hydrogen-bond acceptors (Lipinski definition) is 4. The van der Waals surface area contributed by atoms with Crippen molar-refractivity contribution in [2.75, 3.05) is 18.4 Å². The zero-order valence-corrected chi connectivity index (χ0v) is 16.7. The minimum absolute atomic E-state index is 0.146. The average Bonchev–Trinajstić information content (AvgIpc) is 3.32. The second kappa shape index (κ2) is 7.91. The summed E-state index contributed by atoms with van der Waals surface area (Å²) < 4.78 is 3.67. The highest BCUT2D eigenvalue weighted by Gasteiger charge is 2.24. The van der Waals surface area contributed by atoms with Gasteiger partial charge in [-0.25, -0.2) is 4.68 Å². The molecule has 0 bridgehead atoms. The van der Waals surface area contributed by atoms with Crippen LogP contribution in [0.4, 0.5) is 5.82 Å². The number of pyridine rings is 1. The highest BCUT2D eigenvalue weighted by molar-refractivity contribution is 6.04. The number of rotatable bonds is 4. The van der Waals surface area contributed by atoms with Gasteiger partial charge >= 0.3 is 0 Å². The lowest BCUT2D eigenvalue weighted by Gasteiger charge is -2.25. The summed E-state index contributed by atoms with van der Waals surface area (Å²) in [6, 6.07) is 4.23. The van der Waals surface area contributed by atoms with Crippen molar-refractivity contribution in [3.05, 3.63) is 45.5 Å². The zero-order chi connectivity index (χ0) is 19.7. The Morgan fingerprint density at radius 3 is 2.57 bits per heavy atom. The number of nitrogens with zero attached hydrogens (tertiary/aromatic N) is 3. The molecule has 0 unspecified atom stereocenters. The first-order valence-corrected chi connectivity index (χ1v) is 10.3. The number of piperidine rings is 1. The number of hydrogen-bond donors (Lipinski definition) is 2. The molecule has 7 heteroatoms. The molecule has 2 fully saturated rings. The van der Waals surface area contributed by atoms with Crippen LogP contribution in [-0.4, -0.2) is 33.3 Å². The largest absolute Gasteiger partial charge is 0.317 e. The SMILES string of the molecule is Cc1cc(NC(=O)c2c(C)ccn(C3CCNCC3)c2=O)n(C2CCCC2)n1. The summed E-state index contributed by atoms with van der Waals surface area (Å²) in [7, 11) is 0. The second-order valence-electron chi connectivity index (χ2n) is 8.08. The first kappa shape index (κ1) is 18.9. The van der Waals surface area contributed by atoms with Gasteiger partial charge in [-0.3, -0.25) is 9.59 Å². The lowest BCUT2D eigenvalue weighted by atomic mass is 10.0. The highest BCUT2D eigenvalue weighted by Crippen LogP contribution is 2.32. The first-order chi connectivity index (χ1) is 13.5. The molecule has 1 amide bonds. The summed E-state index contributed by atoms with van der Waals surface area (Å²) in [4.78, 5) is 26.2. The van der Waals surface area contributed by atoms with Crippen LogP contribution in [0.1, 0.15) is 72.2 Å². The van der Waals surface area contributed by atoms with Gasteiger partial charge < -0.3 is 15.2 Å². The van der Waals surface area contributed by atoms with Crippen molar-refractivity contribution in [3.8, 4) is 0 Å². The quantitative estimate of drug-likeness (QED) is 0.851. The van der Waals surface area contributed by atoms with Crippen LogP contribution in [0.5, 0.6) is 0 Å². The highest BCUT2D eigenvalue weighted by atomic mass is 16.2. The predicted molar refractivity (Wildman–Crippen MR) is 109 cm³/mol. The van der Waals surface area contributed by atoms with Crippen molar-refractivity contribution in [1.29, 1.82) is 0 Å². The van der Waals surface area contributed by atoms with Gasteiger partial charge in [0.1, 0.15) is 11.4 Å². The predicted octanol–water partition coefficient (Wildman–Crippen LogP) is 2.95. The van der Waals surface area contributed by atoms with Crippen LogP contribution >= 0.6 is 0 Å². The maximum Gasteiger partial charge on any atom is 0.263 e. The Hall–Kier alpha value is -2.41. The number of aryl methyl sites for hydroxylation is 2. The summed E-state index contributed by atoms with van der Waals surface area (Å²) in [5, 5.41) is 10.9. The van der Waals surface area contributed by atoms with Crippen molar-refractivity contribution in [3.63, 3.8) is 0 Å². The maximum atomic E-state index is 13.1. The van der Waals surface area contributed by atoms with Gasteiger partial charge in [0.2, 0.25) is 0 Å². The van der Waals surface area contributed by atoms with E-state index in [2.05, 4.69) is 15.7 Å². The van der Waals surface area contributed by atoms with E-state index in [1.807, 2.05) is 36.9 Å². The zero-order valence-electron chi connectivity index (χ0n) is 16.7. The van der Waals surface area contributed by atoms with Crippen LogP contribution in [-0.2, 0) is 0 Å². The molecule has 4 rings (SSSR count). The summed E-state index contributed by atoms with van der Waals surface area (Å²) >= 11 is 0. The molecule has 2 aliphatic rings. The third kappa shape index (κ3) is 3.63. The lowest BCUT2D eigenvalue weighted by molar-refractivity contribution is 0.102. The van der Waals surface area contributed by atoms with Crippen LogP contribution in [0, 0.1) is 13.8 Å². The molecule has 0 spiro atoms. The Morgan fingerprint density at radius 2 is 1.86 bits per heavy atom. The molecule has 7 nitrogen and oxygen atoms in total. The van der Waals surface area contributed by atoms with E-state index < -0.39 is 0 Å². The van der Waals surface area contributed by atoms with Crippen LogP contribution in [0.3, 0.4) is 0 Å². The van der Waals surface area contributed by atoms with Crippen molar-refractivity contribution in [2.45, 2.75) is 64.5 Å². The molecular formula is C21H29N5O2. The minimum atomic E-state index is -0.343. The van der Waals surface area contributed by atoms with Gasteiger partial charge in [0.05, 0.1) is 11.7 Å². The molecule has 0 radical (unpaired) electrons. The molecule has 1 saturated heterocycles. The number of amides is 1. The van der Waals surface area contributed by atoms with E-state index in [0.717, 1.165) is 44.5 Å². The molecule has 1 aliphatic carbocycles. The van der Waals surface area contributed by atoms with E-state index >= 15 is 0 Å². The number of anilines is 1. The van der Waals surface area contributed by atoms with Crippen molar-refractivity contribution in [1.82, 2.24) is 19.7 Å². The van der Waals surface area contributed by atoms with Gasteiger partial charge in [0.25, 0.3) is 11.5 Å². The number of carbonyl (C=O) groups is 1. The van der Waals surface area contributed by atoms with E-state index in [0.29, 0.717) is 17.4 Å². The van der Waals surface area contributed by atoms with E-state index in [9.17, 15) is 9.59 Å². The normalized spacial score (nSPS) is 18.5. The van der Waals surface area contributed by atoms with Crippen molar-refractivity contribution >= 4 is 11.7 Å². The van der Waals surface area contributed by atoms with Crippen molar-refractivity contribution < 1.29 is 4.79 Å². The number of aromatic nitrogens is 3. The average molecular weight is 383 g/mol. The van der Waals surface area contributed by atoms with Crippen LogP contribution < -0.4 is 16.2 Å². The van der Waals surface area contributed by atoms with E-state index in [-0.39, 0.29) is 23.1 Å². The summed E-state index contributed by atoms with van der Waals surface area (Å²) in [5.41, 5.74) is 1.61. The number of carbonyl (C=O) groups excluding carboxylic acids is 1. The van der Waals surface area contributed by atoms with E-state index in [1.54, 1.807) is 4.57 Å². The molecule has 1 aliphatic heterocycles. The molecule has 2 aromatic heterocycles. The smallest absolute Gasteiger partial charge is 0.263 e. The summed E-state index contributed by atoms with van der Waals surface area (Å²) in [5.74, 6) is 0.343. The van der Waals surface area contributed by atoms with E-state index in [4.69, 9.17) is 0 Å². The van der Waals surface area contributed by atoms with Gasteiger partial charge in [-0.05, 0) is 64.3 Å². The topological polar surface area (TPSA) is 81.0 Å². The molecule has 2 N–H and O–H groups in total. The Morgan fingerprint density at radius 1 is 1.14 bits per heavy atom. The molecule has 1 saturated carbocycles. The number of nitrogens with one attached hydrogen (secondary N) is 2. The first-order valence-electron chi connectivity index (χ1n) is 10.3. The maximum absolute atomic E-state index is 13.1. The third-order valence-electron chi connectivity index (χ3n) is 6.03. The molecule has 2 aromatic rings. The Balaban J connectivity index is 1.63. The van der Waals surface area contributed by atoms with Gasteiger partial charge in [0, 0.05) is 18.3 Å². The summed E-state index contributed by atoms with van der Waals surface area (Å²) in [6.45, 7) is 5.54. The molecule has 0 atom stereocenters. The van der Waals surface area contributed by atoms with Gasteiger partial charge in [0.15, 0.2) is 0 Å². The standard InChI is InChI=1S/C21H29N5O2/c1-14-9-12-25(16-7-10-22-11-8-16)21(28)19(14)20(27)23-18-13-15(2)24-26(18)17-5-3-4-6-17/h9,12-13,16-17,22H,3-8,10-11H2,1-2H3,(H,23,27). The lowest BCUT2D eigenvalue weighted by Crippen LogP contribution is -2.37. The van der Waals surface area contributed by atoms with Gasteiger partial charge in [-0.2, -0.15) is 5.10 Å². The van der Waals surface area contributed by atoms with Crippen LogP contribution in [0.15, 0.2) is 23.1 Å². The fourth-order valence-electron chi connectivity index (χ4n) is 4.51. The van der Waals surface area contributed by atoms with Gasteiger partial charge in [-0.1, -0.05) is 12.8 Å². The second-order valence-corrected chi connectivity index (χ2v) is 8.08. The van der Waals surface area contributed by atoms with Crippen LogP contribution in [0.25, 0.3) is 0 Å². The molecule has 28 heavy (non-hydrogen) atoms. The molecule has 3 heterocycles. The fourth-order valence-corrected chi connectivity index (χ4v) is 4.51. The molecule has 0 aromatic carbocycles. The monoisotopic (exact) mass is 383 g/mol. The Labute approximate surface area is 165 Å². The Kier molecular flexibility index (Phi) is 5.35. The summed E-state index contributed by atoms with van der Waals surface area (Å²) in [6.07, 6.45) is 8.17. The van der Waals surface area contributed by atoms with E-state index in [1.165, 1.54) is 12.8 Å². The molecule has 150 valence electrons. The Bertz CT molecular complexity index is 917. The fraction of sp³-hybridized carbons (Fsp3) is 0.571.